The van der Waals surface area contributed by atoms with Crippen molar-refractivity contribution in [3.05, 3.63) is 64.6 Å². The highest BCUT2D eigenvalue weighted by atomic mass is 19.1. The molecule has 0 radical (unpaired) electrons. The standard InChI is InChI=1S/C25H24FN5O7/c1-15(32)27-10-19-11-30(24(33)37-19)17-6-7-20(21(26)9-17)16-4-3-5-18(8-16)36-14-25(2)13-29-12-22(31(34)35)28-23(29)38-25/h3-9,12,19H,10-11,13-14H2,1-2H3,(H,27,32)/t19-,25?/m0/s1. The summed E-state index contributed by atoms with van der Waals surface area (Å²) in [5, 5.41) is 13.5. The van der Waals surface area contributed by atoms with Crippen molar-refractivity contribution < 1.29 is 33.1 Å². The van der Waals surface area contributed by atoms with Crippen LogP contribution in [0.4, 0.5) is 20.7 Å². The van der Waals surface area contributed by atoms with Crippen molar-refractivity contribution in [2.45, 2.75) is 32.1 Å². The van der Waals surface area contributed by atoms with Gasteiger partial charge in [0.2, 0.25) is 5.91 Å². The van der Waals surface area contributed by atoms with Crippen molar-refractivity contribution in [1.29, 1.82) is 0 Å². The van der Waals surface area contributed by atoms with E-state index in [9.17, 15) is 19.7 Å². The van der Waals surface area contributed by atoms with Gasteiger partial charge in [0, 0.05) is 17.5 Å². The van der Waals surface area contributed by atoms with Crippen LogP contribution in [0.15, 0.2) is 48.7 Å². The molecule has 3 heterocycles. The monoisotopic (exact) mass is 525 g/mol. The molecule has 2 aliphatic rings. The van der Waals surface area contributed by atoms with Gasteiger partial charge in [0.25, 0.3) is 0 Å². The summed E-state index contributed by atoms with van der Waals surface area (Å²) in [7, 11) is 0. The number of carbonyl (C=O) groups excluding carboxylic acids is 2. The topological polar surface area (TPSA) is 138 Å². The fraction of sp³-hybridized carbons (Fsp3) is 0.320. The first-order chi connectivity index (χ1) is 18.1. The molecule has 198 valence electrons. The van der Waals surface area contributed by atoms with Gasteiger partial charge in [0.15, 0.2) is 5.60 Å². The fourth-order valence-electron chi connectivity index (χ4n) is 4.35. The van der Waals surface area contributed by atoms with Crippen molar-refractivity contribution in [1.82, 2.24) is 14.9 Å². The number of benzene rings is 2. The van der Waals surface area contributed by atoms with Crippen LogP contribution in [0.1, 0.15) is 13.8 Å². The van der Waals surface area contributed by atoms with Gasteiger partial charge in [0.1, 0.15) is 30.5 Å². The molecule has 2 atom stereocenters. The number of amides is 2. The maximum atomic E-state index is 15.1. The van der Waals surface area contributed by atoms with Crippen LogP contribution in [0.25, 0.3) is 11.1 Å². The van der Waals surface area contributed by atoms with Crippen molar-refractivity contribution in [3.63, 3.8) is 0 Å². The number of carbonyl (C=O) groups is 2. The van der Waals surface area contributed by atoms with Crippen LogP contribution in [0.2, 0.25) is 0 Å². The Kier molecular flexibility index (Phi) is 6.35. The maximum Gasteiger partial charge on any atom is 0.415 e. The molecule has 2 amide bonds. The fourth-order valence-corrected chi connectivity index (χ4v) is 4.35. The smallest absolute Gasteiger partial charge is 0.415 e. The number of nitrogens with one attached hydrogen (secondary N) is 1. The molecule has 2 aromatic carbocycles. The average Bonchev–Trinajstić information content (AvgIpc) is 3.53. The lowest BCUT2D eigenvalue weighted by Gasteiger charge is -2.22. The van der Waals surface area contributed by atoms with Crippen molar-refractivity contribution in [3.8, 4) is 22.9 Å². The van der Waals surface area contributed by atoms with E-state index in [1.807, 2.05) is 0 Å². The van der Waals surface area contributed by atoms with Gasteiger partial charge in [0.05, 0.1) is 25.3 Å². The van der Waals surface area contributed by atoms with E-state index in [1.54, 1.807) is 47.9 Å². The molecule has 1 fully saturated rings. The molecule has 0 spiro atoms. The summed E-state index contributed by atoms with van der Waals surface area (Å²) in [4.78, 5) is 38.9. The molecule has 1 unspecified atom stereocenters. The molecular weight excluding hydrogens is 501 g/mol. The summed E-state index contributed by atoms with van der Waals surface area (Å²) < 4.78 is 33.7. The van der Waals surface area contributed by atoms with Gasteiger partial charge in [-0.3, -0.25) is 14.3 Å². The van der Waals surface area contributed by atoms with Crippen LogP contribution in [0, 0.1) is 15.9 Å². The first-order valence-electron chi connectivity index (χ1n) is 11.8. The number of rotatable bonds is 8. The highest BCUT2D eigenvalue weighted by Crippen LogP contribution is 2.33. The summed E-state index contributed by atoms with van der Waals surface area (Å²) in [5.74, 6) is -0.564. The van der Waals surface area contributed by atoms with E-state index < -0.39 is 28.5 Å². The zero-order chi connectivity index (χ0) is 27.0. The van der Waals surface area contributed by atoms with Crippen LogP contribution >= 0.6 is 0 Å². The third-order valence-electron chi connectivity index (χ3n) is 6.16. The quantitative estimate of drug-likeness (QED) is 0.349. The molecule has 0 saturated carbocycles. The number of imidazole rings is 1. The zero-order valence-electron chi connectivity index (χ0n) is 20.5. The van der Waals surface area contributed by atoms with Gasteiger partial charge in [-0.2, -0.15) is 0 Å². The molecular formula is C25H24FN5O7. The molecule has 0 aliphatic carbocycles. The van der Waals surface area contributed by atoms with Gasteiger partial charge in [-0.05, 0) is 47.7 Å². The van der Waals surface area contributed by atoms with E-state index >= 15 is 4.39 Å². The molecule has 2 aliphatic heterocycles. The molecule has 1 N–H and O–H groups in total. The van der Waals surface area contributed by atoms with E-state index in [0.717, 1.165) is 0 Å². The average molecular weight is 525 g/mol. The predicted octanol–water partition coefficient (Wildman–Crippen LogP) is 3.29. The normalized spacial score (nSPS) is 20.0. The second-order valence-corrected chi connectivity index (χ2v) is 9.35. The van der Waals surface area contributed by atoms with Gasteiger partial charge in [-0.15, -0.1) is 0 Å². The molecule has 12 nitrogen and oxygen atoms in total. The van der Waals surface area contributed by atoms with Gasteiger partial charge >= 0.3 is 17.9 Å². The number of ether oxygens (including phenoxy) is 3. The lowest BCUT2D eigenvalue weighted by molar-refractivity contribution is -0.389. The Morgan fingerprint density at radius 3 is 2.87 bits per heavy atom. The number of aromatic nitrogens is 2. The molecule has 38 heavy (non-hydrogen) atoms. The Bertz CT molecular complexity index is 1400. The van der Waals surface area contributed by atoms with E-state index in [4.69, 9.17) is 14.2 Å². The molecule has 13 heteroatoms. The summed E-state index contributed by atoms with van der Waals surface area (Å²) in [6.45, 7) is 4.00. The van der Waals surface area contributed by atoms with E-state index in [2.05, 4.69) is 10.3 Å². The Hall–Kier alpha value is -4.68. The van der Waals surface area contributed by atoms with Gasteiger partial charge in [-0.1, -0.05) is 12.1 Å². The second-order valence-electron chi connectivity index (χ2n) is 9.35. The first-order valence-corrected chi connectivity index (χ1v) is 11.8. The van der Waals surface area contributed by atoms with E-state index in [0.29, 0.717) is 29.1 Å². The predicted molar refractivity (Wildman–Crippen MR) is 132 cm³/mol. The molecule has 1 saturated heterocycles. The molecule has 3 aromatic rings. The largest absolute Gasteiger partial charge is 0.489 e. The zero-order valence-corrected chi connectivity index (χ0v) is 20.5. The van der Waals surface area contributed by atoms with Crippen LogP contribution in [-0.2, 0) is 16.1 Å². The summed E-state index contributed by atoms with van der Waals surface area (Å²) >= 11 is 0. The Morgan fingerprint density at radius 2 is 2.16 bits per heavy atom. The maximum absolute atomic E-state index is 15.1. The number of cyclic esters (lactones) is 1. The number of nitrogens with zero attached hydrogens (tertiary/aromatic N) is 4. The number of hydrogen-bond acceptors (Lipinski definition) is 8. The summed E-state index contributed by atoms with van der Waals surface area (Å²) in [5.41, 5.74) is 0.443. The number of anilines is 1. The first kappa shape index (κ1) is 25.0. The summed E-state index contributed by atoms with van der Waals surface area (Å²) in [6.07, 6.45) is 0.184. The third kappa shape index (κ3) is 5.08. The van der Waals surface area contributed by atoms with Crippen molar-refractivity contribution >= 4 is 23.5 Å². The Labute approximate surface area is 216 Å². The van der Waals surface area contributed by atoms with Crippen molar-refractivity contribution in [2.24, 2.45) is 0 Å². The van der Waals surface area contributed by atoms with E-state index in [-0.39, 0.29) is 37.4 Å². The van der Waals surface area contributed by atoms with Crippen LogP contribution in [-0.4, -0.2) is 57.9 Å². The second kappa shape index (κ2) is 9.65. The number of nitro groups is 1. The molecule has 1 aromatic heterocycles. The van der Waals surface area contributed by atoms with Gasteiger partial charge < -0.3 is 29.6 Å². The van der Waals surface area contributed by atoms with Crippen molar-refractivity contribution in [2.75, 3.05) is 24.6 Å². The van der Waals surface area contributed by atoms with Crippen LogP contribution in [0.3, 0.4) is 0 Å². The lowest BCUT2D eigenvalue weighted by Crippen LogP contribution is -2.38. The number of halogens is 1. The highest BCUT2D eigenvalue weighted by molar-refractivity contribution is 5.90. The SMILES string of the molecule is CC(=O)NC[C@H]1CN(c2ccc(-c3cccc(OCC4(C)Cn5cc([N+](=O)[O-])nc5O4)c3)c(F)c2)C(=O)O1. The number of hydrogen-bond donors (Lipinski definition) is 1. The minimum absolute atomic E-state index is 0.131. The minimum atomic E-state index is -0.789. The third-order valence-corrected chi connectivity index (χ3v) is 6.16. The van der Waals surface area contributed by atoms with Crippen LogP contribution < -0.4 is 19.7 Å². The number of fused-ring (bicyclic) bond motifs is 1. The minimum Gasteiger partial charge on any atom is -0.489 e. The molecule has 5 rings (SSSR count). The Balaban J connectivity index is 1.24. The highest BCUT2D eigenvalue weighted by Gasteiger charge is 2.41. The van der Waals surface area contributed by atoms with Crippen LogP contribution in [0.5, 0.6) is 11.8 Å². The summed E-state index contributed by atoms with van der Waals surface area (Å²) in [6, 6.07) is 11.5. The van der Waals surface area contributed by atoms with Gasteiger partial charge in [-0.25, -0.2) is 9.18 Å². The Morgan fingerprint density at radius 1 is 1.34 bits per heavy atom. The molecule has 0 bridgehead atoms. The lowest BCUT2D eigenvalue weighted by atomic mass is 10.0. The van der Waals surface area contributed by atoms with E-state index in [1.165, 1.54) is 24.1 Å².